The highest BCUT2D eigenvalue weighted by Crippen LogP contribution is 2.40. The smallest absolute Gasteiger partial charge is 0.417 e. The summed E-state index contributed by atoms with van der Waals surface area (Å²) in [5, 5.41) is 0. The molecule has 3 nitrogen and oxygen atoms in total. The van der Waals surface area contributed by atoms with Crippen LogP contribution in [0.15, 0.2) is 66.7 Å². The van der Waals surface area contributed by atoms with E-state index in [0.717, 1.165) is 12.1 Å². The van der Waals surface area contributed by atoms with Crippen LogP contribution < -0.4 is 10.5 Å². The number of rotatable bonds is 6. The maximum atomic E-state index is 14.0. The Morgan fingerprint density at radius 3 is 2.24 bits per heavy atom. The number of carbonyl (C=O) groups is 1. The third-order valence-corrected chi connectivity index (χ3v) is 4.33. The maximum Gasteiger partial charge on any atom is 0.417 e. The fourth-order valence-corrected chi connectivity index (χ4v) is 2.83. The Morgan fingerprint density at radius 2 is 1.62 bits per heavy atom. The second-order valence-corrected chi connectivity index (χ2v) is 6.30. The van der Waals surface area contributed by atoms with Gasteiger partial charge in [0, 0.05) is 11.1 Å². The van der Waals surface area contributed by atoms with Crippen molar-refractivity contribution in [2.45, 2.75) is 12.8 Å². The number of alkyl halides is 3. The molecule has 0 amide bonds. The lowest BCUT2D eigenvalue weighted by Crippen LogP contribution is -2.13. The molecule has 0 fully saturated rings. The fraction of sp³-hybridized carbons (Fsp3) is 0.136. The van der Waals surface area contributed by atoms with Gasteiger partial charge in [-0.05, 0) is 35.4 Å². The van der Waals surface area contributed by atoms with E-state index in [0.29, 0.717) is 11.1 Å². The van der Waals surface area contributed by atoms with Crippen LogP contribution in [-0.2, 0) is 12.8 Å². The summed E-state index contributed by atoms with van der Waals surface area (Å²) in [7, 11) is 0. The Morgan fingerprint density at radius 1 is 0.931 bits per heavy atom. The number of nitrogens with two attached hydrogens (primary N) is 1. The Kier molecular flexibility index (Phi) is 5.98. The number of benzene rings is 3. The first-order valence-electron chi connectivity index (χ1n) is 8.70. The largest absolute Gasteiger partial charge is 0.489 e. The zero-order chi connectivity index (χ0) is 21.0. The second kappa shape index (κ2) is 8.45. The molecule has 0 aliphatic rings. The van der Waals surface area contributed by atoms with Crippen LogP contribution in [0.5, 0.6) is 5.75 Å². The van der Waals surface area contributed by atoms with E-state index in [4.69, 9.17) is 10.5 Å². The first-order valence-corrected chi connectivity index (χ1v) is 8.70. The van der Waals surface area contributed by atoms with Gasteiger partial charge in [0.2, 0.25) is 0 Å². The third-order valence-electron chi connectivity index (χ3n) is 4.33. The third kappa shape index (κ3) is 4.81. The van der Waals surface area contributed by atoms with Gasteiger partial charge in [-0.1, -0.05) is 42.5 Å². The number of halogens is 4. The summed E-state index contributed by atoms with van der Waals surface area (Å²) in [6.07, 6.45) is -4.68. The summed E-state index contributed by atoms with van der Waals surface area (Å²) in [6.45, 7) is -0.0993. The van der Waals surface area contributed by atoms with Crippen LogP contribution in [0.3, 0.4) is 0 Å². The van der Waals surface area contributed by atoms with Gasteiger partial charge in [-0.2, -0.15) is 13.2 Å². The molecule has 0 aliphatic carbocycles. The highest BCUT2D eigenvalue weighted by atomic mass is 19.4. The molecule has 3 aromatic rings. The van der Waals surface area contributed by atoms with Gasteiger partial charge in [0.15, 0.2) is 5.78 Å². The summed E-state index contributed by atoms with van der Waals surface area (Å²) in [6, 6.07) is 15.1. The predicted molar refractivity (Wildman–Crippen MR) is 101 cm³/mol. The average molecular weight is 403 g/mol. The summed E-state index contributed by atoms with van der Waals surface area (Å²) in [4.78, 5) is 11.5. The number of ketones is 1. The van der Waals surface area contributed by atoms with Crippen molar-refractivity contribution in [3.05, 3.63) is 89.2 Å². The summed E-state index contributed by atoms with van der Waals surface area (Å²) in [5.41, 5.74) is 5.05. The number of hydrogen-bond donors (Lipinski definition) is 1. The fourth-order valence-electron chi connectivity index (χ4n) is 2.83. The molecule has 0 saturated heterocycles. The summed E-state index contributed by atoms with van der Waals surface area (Å²) < 4.78 is 60.1. The molecule has 3 rings (SSSR count). The quantitative estimate of drug-likeness (QED) is 0.453. The van der Waals surface area contributed by atoms with Crippen LogP contribution in [0.1, 0.15) is 21.5 Å². The highest BCUT2D eigenvalue weighted by Gasteiger charge is 2.34. The number of ether oxygens (including phenoxy) is 1. The van der Waals surface area contributed by atoms with Crippen molar-refractivity contribution in [2.24, 2.45) is 5.73 Å². The molecule has 0 saturated carbocycles. The Bertz CT molecular complexity index is 1010. The standard InChI is InChI=1S/C22H17F4NO2/c23-20-4-2-1-3-18(20)17-10-9-16(11-19(17)22(24,25)26)29-13-14-5-7-15(8-6-14)21(28)12-27/h1-11H,12-13,27H2. The number of hydrogen-bond acceptors (Lipinski definition) is 3. The number of carbonyl (C=O) groups excluding carboxylic acids is 1. The van der Waals surface area contributed by atoms with E-state index in [-0.39, 0.29) is 35.8 Å². The van der Waals surface area contributed by atoms with Crippen LogP contribution in [0.25, 0.3) is 11.1 Å². The van der Waals surface area contributed by atoms with Crippen molar-refractivity contribution in [3.8, 4) is 16.9 Å². The number of Topliss-reactive ketones (excluding diaryl/α,β-unsaturated/α-hetero) is 1. The van der Waals surface area contributed by atoms with Crippen molar-refractivity contribution in [1.82, 2.24) is 0 Å². The van der Waals surface area contributed by atoms with Gasteiger partial charge in [-0.3, -0.25) is 4.79 Å². The molecule has 0 bridgehead atoms. The van der Waals surface area contributed by atoms with Crippen LogP contribution in [-0.4, -0.2) is 12.3 Å². The van der Waals surface area contributed by atoms with Crippen molar-refractivity contribution in [2.75, 3.05) is 6.54 Å². The first-order chi connectivity index (χ1) is 13.8. The van der Waals surface area contributed by atoms with Gasteiger partial charge in [-0.15, -0.1) is 0 Å². The van der Waals surface area contributed by atoms with E-state index < -0.39 is 17.6 Å². The molecule has 150 valence electrons. The van der Waals surface area contributed by atoms with Crippen LogP contribution in [0.4, 0.5) is 17.6 Å². The van der Waals surface area contributed by atoms with E-state index in [9.17, 15) is 22.4 Å². The molecule has 0 aromatic heterocycles. The van der Waals surface area contributed by atoms with Crippen molar-refractivity contribution >= 4 is 5.78 Å². The van der Waals surface area contributed by atoms with Gasteiger partial charge in [0.05, 0.1) is 12.1 Å². The van der Waals surface area contributed by atoms with Crippen molar-refractivity contribution in [3.63, 3.8) is 0 Å². The van der Waals surface area contributed by atoms with E-state index in [1.54, 1.807) is 24.3 Å². The van der Waals surface area contributed by atoms with E-state index in [1.807, 2.05) is 0 Å². The highest BCUT2D eigenvalue weighted by molar-refractivity contribution is 5.97. The molecular weight excluding hydrogens is 386 g/mol. The minimum Gasteiger partial charge on any atom is -0.489 e. The summed E-state index contributed by atoms with van der Waals surface area (Å²) >= 11 is 0. The zero-order valence-corrected chi connectivity index (χ0v) is 15.2. The SMILES string of the molecule is NCC(=O)c1ccc(COc2ccc(-c3ccccc3F)c(C(F)(F)F)c2)cc1. The zero-order valence-electron chi connectivity index (χ0n) is 15.2. The maximum absolute atomic E-state index is 14.0. The molecule has 0 heterocycles. The lowest BCUT2D eigenvalue weighted by Gasteiger charge is -2.16. The van der Waals surface area contributed by atoms with Crippen LogP contribution in [0, 0.1) is 5.82 Å². The monoisotopic (exact) mass is 403 g/mol. The van der Waals surface area contributed by atoms with Gasteiger partial charge in [0.1, 0.15) is 18.2 Å². The molecule has 7 heteroatoms. The molecule has 2 N–H and O–H groups in total. The van der Waals surface area contributed by atoms with Crippen molar-refractivity contribution < 1.29 is 27.1 Å². The van der Waals surface area contributed by atoms with Gasteiger partial charge < -0.3 is 10.5 Å². The second-order valence-electron chi connectivity index (χ2n) is 6.30. The molecule has 0 aliphatic heterocycles. The molecule has 0 unspecified atom stereocenters. The molecule has 0 radical (unpaired) electrons. The lowest BCUT2D eigenvalue weighted by atomic mass is 9.98. The molecule has 0 spiro atoms. The van der Waals surface area contributed by atoms with E-state index >= 15 is 0 Å². The molecule has 0 atom stereocenters. The van der Waals surface area contributed by atoms with Crippen molar-refractivity contribution in [1.29, 1.82) is 0 Å². The van der Waals surface area contributed by atoms with Gasteiger partial charge in [-0.25, -0.2) is 4.39 Å². The Balaban J connectivity index is 1.84. The Labute approximate surface area is 164 Å². The topological polar surface area (TPSA) is 52.3 Å². The first kappa shape index (κ1) is 20.5. The predicted octanol–water partition coefficient (Wildman–Crippen LogP) is 5.23. The minimum absolute atomic E-state index is 0.000439. The molecule has 29 heavy (non-hydrogen) atoms. The van der Waals surface area contributed by atoms with Crippen LogP contribution >= 0.6 is 0 Å². The summed E-state index contributed by atoms with van der Waals surface area (Å²) in [5.74, 6) is -0.950. The van der Waals surface area contributed by atoms with E-state index in [1.165, 1.54) is 30.3 Å². The van der Waals surface area contributed by atoms with Gasteiger partial charge in [0.25, 0.3) is 0 Å². The van der Waals surface area contributed by atoms with Crippen LogP contribution in [0.2, 0.25) is 0 Å². The molecule has 3 aromatic carbocycles. The minimum atomic E-state index is -4.68. The molecular formula is C22H17F4NO2. The van der Waals surface area contributed by atoms with Gasteiger partial charge >= 0.3 is 6.18 Å². The Hall–Kier alpha value is -3.19. The normalized spacial score (nSPS) is 11.3. The van der Waals surface area contributed by atoms with E-state index in [2.05, 4.69) is 0 Å². The average Bonchev–Trinajstić information content (AvgIpc) is 2.72. The lowest BCUT2D eigenvalue weighted by molar-refractivity contribution is -0.137.